The lowest BCUT2D eigenvalue weighted by Gasteiger charge is -2.21. The average molecular weight is 413 g/mol. The highest BCUT2D eigenvalue weighted by atomic mass is 127. The van der Waals surface area contributed by atoms with E-state index in [4.69, 9.17) is 5.73 Å². The van der Waals surface area contributed by atoms with E-state index >= 15 is 0 Å². The monoisotopic (exact) mass is 413 g/mol. The number of aryl methyl sites for hydroxylation is 1. The number of para-hydroxylation sites is 1. The number of nitrogens with zero attached hydrogens (tertiary/aromatic N) is 3. The molecule has 1 heterocycles. The Hall–Kier alpha value is -1.57. The van der Waals surface area contributed by atoms with Crippen LogP contribution in [0.1, 0.15) is 32.0 Å². The molecule has 0 saturated carbocycles. The van der Waals surface area contributed by atoms with Crippen molar-refractivity contribution in [3.8, 4) is 5.69 Å². The smallest absolute Gasteiger partial charge is 0.189 e. The van der Waals surface area contributed by atoms with Gasteiger partial charge in [0.25, 0.3) is 0 Å². The second-order valence-electron chi connectivity index (χ2n) is 6.11. The molecule has 1 aromatic heterocycles. The first-order valence-corrected chi connectivity index (χ1v) is 7.04. The van der Waals surface area contributed by atoms with Crippen molar-refractivity contribution < 1.29 is 0 Å². The van der Waals surface area contributed by atoms with Crippen molar-refractivity contribution in [1.82, 2.24) is 15.1 Å². The third-order valence-corrected chi connectivity index (χ3v) is 2.88. The van der Waals surface area contributed by atoms with Gasteiger partial charge in [0.05, 0.1) is 17.9 Å². The molecular weight excluding hydrogens is 389 g/mol. The van der Waals surface area contributed by atoms with E-state index in [1.807, 2.05) is 48.1 Å². The van der Waals surface area contributed by atoms with Crippen molar-refractivity contribution in [2.45, 2.75) is 39.8 Å². The van der Waals surface area contributed by atoms with Crippen molar-refractivity contribution in [2.75, 3.05) is 0 Å². The Bertz CT molecular complexity index is 640. The molecule has 6 heteroatoms. The maximum atomic E-state index is 5.92. The first kappa shape index (κ1) is 18.5. The van der Waals surface area contributed by atoms with Crippen LogP contribution in [0, 0.1) is 6.92 Å². The lowest BCUT2D eigenvalue weighted by molar-refractivity contribution is 0.508. The van der Waals surface area contributed by atoms with Gasteiger partial charge < -0.3 is 11.1 Å². The second kappa shape index (κ2) is 7.62. The second-order valence-corrected chi connectivity index (χ2v) is 6.11. The number of benzene rings is 1. The van der Waals surface area contributed by atoms with Gasteiger partial charge in [-0.3, -0.25) is 0 Å². The van der Waals surface area contributed by atoms with Crippen molar-refractivity contribution >= 4 is 29.9 Å². The largest absolute Gasteiger partial charge is 0.370 e. The van der Waals surface area contributed by atoms with Gasteiger partial charge in [-0.05, 0) is 45.4 Å². The third kappa shape index (κ3) is 5.32. The summed E-state index contributed by atoms with van der Waals surface area (Å²) in [5, 5.41) is 7.61. The van der Waals surface area contributed by atoms with Crippen LogP contribution >= 0.6 is 24.0 Å². The molecule has 2 aromatic rings. The van der Waals surface area contributed by atoms with Gasteiger partial charge >= 0.3 is 0 Å². The third-order valence-electron chi connectivity index (χ3n) is 2.88. The Labute approximate surface area is 149 Å². The van der Waals surface area contributed by atoms with E-state index in [1.54, 1.807) is 0 Å². The highest BCUT2D eigenvalue weighted by molar-refractivity contribution is 14.0. The van der Waals surface area contributed by atoms with Crippen LogP contribution in [0.25, 0.3) is 5.69 Å². The predicted octanol–water partition coefficient (Wildman–Crippen LogP) is 3.00. The summed E-state index contributed by atoms with van der Waals surface area (Å²) < 4.78 is 1.87. The van der Waals surface area contributed by atoms with E-state index in [9.17, 15) is 0 Å². The van der Waals surface area contributed by atoms with Crippen LogP contribution in [0.15, 0.2) is 41.5 Å². The fourth-order valence-corrected chi connectivity index (χ4v) is 2.01. The van der Waals surface area contributed by atoms with Crippen LogP contribution in [0.2, 0.25) is 0 Å². The number of halogens is 1. The number of hydrogen-bond donors (Lipinski definition) is 2. The zero-order valence-electron chi connectivity index (χ0n) is 13.5. The van der Waals surface area contributed by atoms with Gasteiger partial charge in [-0.2, -0.15) is 5.10 Å². The first-order valence-electron chi connectivity index (χ1n) is 7.04. The number of nitrogens with one attached hydrogen (secondary N) is 1. The maximum absolute atomic E-state index is 5.92. The number of hydrogen-bond acceptors (Lipinski definition) is 2. The van der Waals surface area contributed by atoms with Crippen molar-refractivity contribution in [3.63, 3.8) is 0 Å². The van der Waals surface area contributed by atoms with Gasteiger partial charge in [-0.1, -0.05) is 18.2 Å². The van der Waals surface area contributed by atoms with Crippen LogP contribution in [-0.2, 0) is 6.54 Å². The Morgan fingerprint density at radius 1 is 1.27 bits per heavy atom. The zero-order chi connectivity index (χ0) is 15.5. The molecule has 5 nitrogen and oxygen atoms in total. The van der Waals surface area contributed by atoms with Gasteiger partial charge in [0.15, 0.2) is 5.96 Å². The molecule has 0 aliphatic carbocycles. The molecule has 0 fully saturated rings. The molecule has 2 rings (SSSR count). The summed E-state index contributed by atoms with van der Waals surface area (Å²) in [6.07, 6.45) is 1.95. The van der Waals surface area contributed by atoms with Crippen LogP contribution in [-0.4, -0.2) is 21.3 Å². The Kier molecular flexibility index (Phi) is 6.40. The molecule has 3 N–H and O–H groups in total. The highest BCUT2D eigenvalue weighted by Gasteiger charge is 2.10. The molecular formula is C16H24IN5. The predicted molar refractivity (Wildman–Crippen MR) is 102 cm³/mol. The molecule has 0 atom stereocenters. The summed E-state index contributed by atoms with van der Waals surface area (Å²) >= 11 is 0. The summed E-state index contributed by atoms with van der Waals surface area (Å²) in [6, 6.07) is 10.1. The molecule has 1 aromatic carbocycles. The summed E-state index contributed by atoms with van der Waals surface area (Å²) in [6.45, 7) is 8.65. The van der Waals surface area contributed by atoms with Crippen molar-refractivity contribution in [1.29, 1.82) is 0 Å². The topological polar surface area (TPSA) is 68.2 Å². The quantitative estimate of drug-likeness (QED) is 0.462. The average Bonchev–Trinajstić information content (AvgIpc) is 2.81. The van der Waals surface area contributed by atoms with Crippen molar-refractivity contribution in [3.05, 3.63) is 47.8 Å². The summed E-state index contributed by atoms with van der Waals surface area (Å²) in [7, 11) is 0. The van der Waals surface area contributed by atoms with E-state index in [0.29, 0.717) is 12.5 Å². The van der Waals surface area contributed by atoms with Gasteiger partial charge in [0, 0.05) is 11.7 Å². The Morgan fingerprint density at radius 3 is 2.55 bits per heavy atom. The standard InChI is InChI=1S/C16H23N5.HI/c1-12-9-10-21(20-12)14-8-6-5-7-13(14)11-18-15(17)19-16(2,3)4;/h5-10H,11H2,1-4H3,(H3,17,18,19);1H. The number of aliphatic imine (C=N–C) groups is 1. The number of guanidine groups is 1. The fraction of sp³-hybridized carbons (Fsp3) is 0.375. The van der Waals surface area contributed by atoms with Gasteiger partial charge in [-0.25, -0.2) is 9.67 Å². The summed E-state index contributed by atoms with van der Waals surface area (Å²) in [5.41, 5.74) is 8.92. The number of nitrogens with two attached hydrogens (primary N) is 1. The van der Waals surface area contributed by atoms with Gasteiger partial charge in [0.1, 0.15) is 0 Å². The first-order chi connectivity index (χ1) is 9.85. The molecule has 0 spiro atoms. The molecule has 0 aliphatic heterocycles. The minimum atomic E-state index is -0.0911. The minimum absolute atomic E-state index is 0. The molecule has 0 amide bonds. The van der Waals surface area contributed by atoms with E-state index in [0.717, 1.165) is 16.9 Å². The minimum Gasteiger partial charge on any atom is -0.370 e. The molecule has 0 saturated heterocycles. The molecule has 0 bridgehead atoms. The zero-order valence-corrected chi connectivity index (χ0v) is 15.8. The molecule has 22 heavy (non-hydrogen) atoms. The fourth-order valence-electron chi connectivity index (χ4n) is 2.01. The highest BCUT2D eigenvalue weighted by Crippen LogP contribution is 2.15. The van der Waals surface area contributed by atoms with E-state index < -0.39 is 0 Å². The van der Waals surface area contributed by atoms with Gasteiger partial charge in [-0.15, -0.1) is 24.0 Å². The van der Waals surface area contributed by atoms with E-state index in [1.165, 1.54) is 0 Å². The molecule has 0 unspecified atom stereocenters. The molecule has 120 valence electrons. The SMILES string of the molecule is Cc1ccn(-c2ccccc2CN=C(N)NC(C)(C)C)n1.I. The summed E-state index contributed by atoms with van der Waals surface area (Å²) in [5.74, 6) is 0.453. The van der Waals surface area contributed by atoms with E-state index in [2.05, 4.69) is 36.2 Å². The Balaban J connectivity index is 0.00000242. The lowest BCUT2D eigenvalue weighted by Crippen LogP contribution is -2.45. The van der Waals surface area contributed by atoms with Gasteiger partial charge in [0.2, 0.25) is 0 Å². The Morgan fingerprint density at radius 2 is 1.95 bits per heavy atom. The maximum Gasteiger partial charge on any atom is 0.189 e. The lowest BCUT2D eigenvalue weighted by atomic mass is 10.1. The van der Waals surface area contributed by atoms with Crippen LogP contribution in [0.5, 0.6) is 0 Å². The molecule has 0 aliphatic rings. The number of rotatable bonds is 3. The van der Waals surface area contributed by atoms with Crippen molar-refractivity contribution in [2.24, 2.45) is 10.7 Å². The van der Waals surface area contributed by atoms with Crippen LogP contribution in [0.3, 0.4) is 0 Å². The van der Waals surface area contributed by atoms with E-state index in [-0.39, 0.29) is 29.5 Å². The van der Waals surface area contributed by atoms with Crippen LogP contribution < -0.4 is 11.1 Å². The van der Waals surface area contributed by atoms with Crippen LogP contribution in [0.4, 0.5) is 0 Å². The normalized spacial score (nSPS) is 11.9. The number of aromatic nitrogens is 2. The molecule has 0 radical (unpaired) electrons. The summed E-state index contributed by atoms with van der Waals surface area (Å²) in [4.78, 5) is 4.41.